The van der Waals surface area contributed by atoms with Gasteiger partial charge in [-0.25, -0.2) is 32.1 Å². The molecule has 256 valence electrons. The number of methoxy groups -OCH3 is 2. The molecule has 0 spiro atoms. The first-order chi connectivity index (χ1) is 22.8. The van der Waals surface area contributed by atoms with Gasteiger partial charge in [-0.1, -0.05) is 18.2 Å². The summed E-state index contributed by atoms with van der Waals surface area (Å²) in [6.07, 6.45) is -0.0115. The van der Waals surface area contributed by atoms with Crippen LogP contribution < -0.4 is 18.5 Å². The van der Waals surface area contributed by atoms with E-state index >= 15 is 4.39 Å². The number of anilines is 1. The lowest BCUT2D eigenvalue weighted by Crippen LogP contribution is -2.46. The largest absolute Gasteiger partial charge is 0.497 e. The van der Waals surface area contributed by atoms with Crippen LogP contribution in [0.25, 0.3) is 0 Å². The molecule has 1 aliphatic carbocycles. The Morgan fingerprint density at radius 2 is 1.77 bits per heavy atom. The van der Waals surface area contributed by atoms with Crippen LogP contribution in [0.2, 0.25) is 0 Å². The third-order valence-electron chi connectivity index (χ3n) is 8.37. The molecule has 5 rings (SSSR count). The number of hydrogen-bond donors (Lipinski definition) is 0. The van der Waals surface area contributed by atoms with Gasteiger partial charge in [0.2, 0.25) is 0 Å². The molecule has 0 N–H and O–H groups in total. The number of aromatic nitrogens is 3. The Balaban J connectivity index is 1.38. The van der Waals surface area contributed by atoms with Gasteiger partial charge >= 0.3 is 6.18 Å². The highest BCUT2D eigenvalue weighted by Gasteiger charge is 2.37. The van der Waals surface area contributed by atoms with E-state index in [1.165, 1.54) is 44.9 Å². The number of ether oxygens (including phenoxy) is 3. The van der Waals surface area contributed by atoms with Crippen LogP contribution in [-0.4, -0.2) is 68.7 Å². The molecule has 0 unspecified atom stereocenters. The van der Waals surface area contributed by atoms with Gasteiger partial charge in [0.25, 0.3) is 15.9 Å². The van der Waals surface area contributed by atoms with Gasteiger partial charge in [-0.05, 0) is 63.0 Å². The van der Waals surface area contributed by atoms with Crippen LogP contribution in [0.3, 0.4) is 0 Å². The summed E-state index contributed by atoms with van der Waals surface area (Å²) >= 11 is 0. The lowest BCUT2D eigenvalue weighted by atomic mass is 9.79. The molecule has 1 saturated carbocycles. The molecular formula is C33H35F4N5O5S. The van der Waals surface area contributed by atoms with E-state index < -0.39 is 38.6 Å². The smallest absolute Gasteiger partial charge is 0.416 e. The molecule has 2 aromatic heterocycles. The number of pyridine rings is 1. The molecule has 48 heavy (non-hydrogen) atoms. The monoisotopic (exact) mass is 689 g/mol. The molecule has 15 heteroatoms. The Labute approximate surface area is 276 Å². The fourth-order valence-electron chi connectivity index (χ4n) is 5.84. The van der Waals surface area contributed by atoms with Crippen LogP contribution in [0, 0.1) is 5.82 Å². The number of halogens is 4. The molecular weight excluding hydrogens is 654 g/mol. The van der Waals surface area contributed by atoms with Gasteiger partial charge in [0, 0.05) is 36.0 Å². The van der Waals surface area contributed by atoms with E-state index in [2.05, 4.69) is 15.0 Å². The normalized spacial score (nSPS) is 18.4. The highest BCUT2D eigenvalue weighted by atomic mass is 32.2. The van der Waals surface area contributed by atoms with Crippen molar-refractivity contribution in [2.45, 2.75) is 54.9 Å². The number of sulfonamides is 1. The van der Waals surface area contributed by atoms with Crippen LogP contribution in [-0.2, 0) is 22.7 Å². The van der Waals surface area contributed by atoms with E-state index in [1.54, 1.807) is 24.3 Å². The Bertz CT molecular complexity index is 1830. The SMILES string of the molecule is COc1ccc(CN(c2ccncn2)S(=O)(=O)c2cnc(O[C@H]3CC[C@H](c4cccc(C(F)(F)F)c4)C[C@@H]3N(C)C)c(F)c2)c(OC)c1. The van der Waals surface area contributed by atoms with Gasteiger partial charge in [-0.2, -0.15) is 13.2 Å². The van der Waals surface area contributed by atoms with Crippen molar-refractivity contribution in [1.29, 1.82) is 0 Å². The van der Waals surface area contributed by atoms with Crippen LogP contribution >= 0.6 is 0 Å². The van der Waals surface area contributed by atoms with Gasteiger partial charge in [0.1, 0.15) is 34.6 Å². The Morgan fingerprint density at radius 3 is 2.42 bits per heavy atom. The third-order valence-corrected chi connectivity index (χ3v) is 10.1. The Hall–Kier alpha value is -4.50. The molecule has 2 aromatic carbocycles. The number of likely N-dealkylation sites (N-methyl/N-ethyl adjacent to an activating group) is 1. The minimum Gasteiger partial charge on any atom is -0.497 e. The van der Waals surface area contributed by atoms with Crippen molar-refractivity contribution in [2.24, 2.45) is 0 Å². The summed E-state index contributed by atoms with van der Waals surface area (Å²) in [4.78, 5) is 13.5. The van der Waals surface area contributed by atoms with Gasteiger partial charge in [0.15, 0.2) is 5.82 Å². The van der Waals surface area contributed by atoms with Gasteiger partial charge in [-0.3, -0.25) is 0 Å². The molecule has 0 aliphatic heterocycles. The van der Waals surface area contributed by atoms with E-state index in [4.69, 9.17) is 14.2 Å². The fraction of sp³-hybridized carbons (Fsp3) is 0.364. The summed E-state index contributed by atoms with van der Waals surface area (Å²) in [5.74, 6) is -0.617. The average Bonchev–Trinajstić information content (AvgIpc) is 3.08. The summed E-state index contributed by atoms with van der Waals surface area (Å²) in [5.41, 5.74) is 0.362. The molecule has 10 nitrogen and oxygen atoms in total. The first-order valence-corrected chi connectivity index (χ1v) is 16.4. The first kappa shape index (κ1) is 34.8. The minimum atomic E-state index is -4.45. The third kappa shape index (κ3) is 7.62. The van der Waals surface area contributed by atoms with Gasteiger partial charge in [0.05, 0.1) is 32.5 Å². The number of alkyl halides is 3. The van der Waals surface area contributed by atoms with Crippen LogP contribution in [0.5, 0.6) is 17.4 Å². The first-order valence-electron chi connectivity index (χ1n) is 15.0. The van der Waals surface area contributed by atoms with Crippen LogP contribution in [0.15, 0.2) is 78.2 Å². The molecule has 0 bridgehead atoms. The van der Waals surface area contributed by atoms with Crippen LogP contribution in [0.1, 0.15) is 41.9 Å². The van der Waals surface area contributed by atoms with Crippen molar-refractivity contribution in [3.63, 3.8) is 0 Å². The molecule has 3 atom stereocenters. The summed E-state index contributed by atoms with van der Waals surface area (Å²) in [6, 6.07) is 12.2. The summed E-state index contributed by atoms with van der Waals surface area (Å²) in [6.45, 7) is -0.216. The summed E-state index contributed by atoms with van der Waals surface area (Å²) in [5, 5.41) is 0. The van der Waals surface area contributed by atoms with Crippen molar-refractivity contribution in [2.75, 3.05) is 32.6 Å². The number of rotatable bonds is 11. The second-order valence-electron chi connectivity index (χ2n) is 11.5. The maximum absolute atomic E-state index is 15.6. The standard InChI is InChI=1S/C33H35F4N5O5S/c1-41(2)28-15-22(21-6-5-7-24(14-21)33(35,36)37)9-11-29(28)47-32-27(34)17-26(18-39-32)48(43,44)42(31-12-13-38-20-40-31)19-23-8-10-25(45-3)16-30(23)46-4/h5-8,10,12-14,16-18,20,22,28-29H,9,11,15,19H2,1-4H3/t22-,28-,29-/m0/s1. The van der Waals surface area contributed by atoms with E-state index in [0.29, 0.717) is 41.9 Å². The van der Waals surface area contributed by atoms with E-state index in [0.717, 1.165) is 22.6 Å². The maximum atomic E-state index is 15.6. The second-order valence-corrected chi connectivity index (χ2v) is 13.4. The molecule has 0 amide bonds. The quantitative estimate of drug-likeness (QED) is 0.173. The van der Waals surface area contributed by atoms with E-state index in [1.807, 2.05) is 19.0 Å². The lowest BCUT2D eigenvalue weighted by molar-refractivity contribution is -0.137. The summed E-state index contributed by atoms with van der Waals surface area (Å²) in [7, 11) is 2.13. The topological polar surface area (TPSA) is 107 Å². The number of benzene rings is 2. The molecule has 1 aliphatic rings. The molecule has 2 heterocycles. The maximum Gasteiger partial charge on any atom is 0.416 e. The average molecular weight is 690 g/mol. The van der Waals surface area contributed by atoms with Crippen LogP contribution in [0.4, 0.5) is 23.4 Å². The highest BCUT2D eigenvalue weighted by Crippen LogP contribution is 2.39. The molecule has 4 aromatic rings. The van der Waals surface area contributed by atoms with E-state index in [-0.39, 0.29) is 30.2 Å². The van der Waals surface area contributed by atoms with Crippen molar-refractivity contribution in [3.05, 3.63) is 95.8 Å². The Morgan fingerprint density at radius 1 is 0.979 bits per heavy atom. The predicted octanol–water partition coefficient (Wildman–Crippen LogP) is 6.09. The van der Waals surface area contributed by atoms with Gasteiger partial charge < -0.3 is 19.1 Å². The van der Waals surface area contributed by atoms with Crippen molar-refractivity contribution >= 4 is 15.8 Å². The zero-order chi connectivity index (χ0) is 34.6. The molecule has 1 fully saturated rings. The molecule has 0 radical (unpaired) electrons. The lowest BCUT2D eigenvalue weighted by Gasteiger charge is -2.39. The van der Waals surface area contributed by atoms with Gasteiger partial charge in [-0.15, -0.1) is 0 Å². The van der Waals surface area contributed by atoms with Crippen molar-refractivity contribution in [1.82, 2.24) is 19.9 Å². The van der Waals surface area contributed by atoms with Crippen molar-refractivity contribution in [3.8, 4) is 17.4 Å². The predicted molar refractivity (Wildman–Crippen MR) is 169 cm³/mol. The fourth-order valence-corrected chi connectivity index (χ4v) is 7.19. The number of nitrogens with zero attached hydrogens (tertiary/aromatic N) is 5. The van der Waals surface area contributed by atoms with Crippen molar-refractivity contribution < 1.29 is 40.2 Å². The summed E-state index contributed by atoms with van der Waals surface area (Å²) < 4.78 is 101. The molecule has 0 saturated heterocycles. The Kier molecular flexibility index (Phi) is 10.4. The number of hydrogen-bond acceptors (Lipinski definition) is 9. The zero-order valence-electron chi connectivity index (χ0n) is 26.7. The minimum absolute atomic E-state index is 0.0370. The second kappa shape index (κ2) is 14.3. The van der Waals surface area contributed by atoms with E-state index in [9.17, 15) is 21.6 Å². The zero-order valence-corrected chi connectivity index (χ0v) is 27.5. The highest BCUT2D eigenvalue weighted by molar-refractivity contribution is 7.92.